The first-order valence-corrected chi connectivity index (χ1v) is 7.19. The van der Waals surface area contributed by atoms with Crippen LogP contribution < -0.4 is 5.32 Å². The topological polar surface area (TPSA) is 15.3 Å². The Labute approximate surface area is 117 Å². The minimum absolute atomic E-state index is 0.101. The minimum atomic E-state index is -0.101. The van der Waals surface area contributed by atoms with Crippen molar-refractivity contribution in [1.29, 1.82) is 0 Å². The summed E-state index contributed by atoms with van der Waals surface area (Å²) in [7, 11) is 2.03. The largest absolute Gasteiger partial charge is 0.312 e. The number of nitrogens with zero attached hydrogens (tertiary/aromatic N) is 1. The molecule has 0 fully saturated rings. The monoisotopic (exact) mass is 266 g/mol. The van der Waals surface area contributed by atoms with E-state index in [0.717, 1.165) is 37.2 Å². The fraction of sp³-hybridized carbons (Fsp3) is 0.625. The molecule has 1 aromatic rings. The van der Waals surface area contributed by atoms with Crippen LogP contribution in [0.4, 0.5) is 4.39 Å². The Morgan fingerprint density at radius 2 is 2.05 bits per heavy atom. The van der Waals surface area contributed by atoms with Gasteiger partial charge in [0.15, 0.2) is 0 Å². The van der Waals surface area contributed by atoms with Gasteiger partial charge in [-0.3, -0.25) is 0 Å². The van der Waals surface area contributed by atoms with Gasteiger partial charge in [0.2, 0.25) is 0 Å². The molecule has 0 atom stereocenters. The first kappa shape index (κ1) is 16.1. The smallest absolute Gasteiger partial charge is 0.127 e. The predicted octanol–water partition coefficient (Wildman–Crippen LogP) is 3.41. The third-order valence-corrected chi connectivity index (χ3v) is 3.04. The number of hydrogen-bond donors (Lipinski definition) is 1. The van der Waals surface area contributed by atoms with E-state index in [-0.39, 0.29) is 5.82 Å². The zero-order valence-corrected chi connectivity index (χ0v) is 12.7. The van der Waals surface area contributed by atoms with Crippen LogP contribution >= 0.6 is 0 Å². The fourth-order valence-electron chi connectivity index (χ4n) is 2.12. The minimum Gasteiger partial charge on any atom is -0.312 e. The number of hydrogen-bond acceptors (Lipinski definition) is 2. The number of halogens is 1. The van der Waals surface area contributed by atoms with Gasteiger partial charge in [0.05, 0.1) is 0 Å². The SMILES string of the molecule is CCCN(C)Cc1cc(CNCC(C)C)ccc1F. The van der Waals surface area contributed by atoms with E-state index >= 15 is 0 Å². The van der Waals surface area contributed by atoms with Crippen LogP contribution in [-0.2, 0) is 13.1 Å². The molecule has 108 valence electrons. The highest BCUT2D eigenvalue weighted by Crippen LogP contribution is 2.13. The summed E-state index contributed by atoms with van der Waals surface area (Å²) in [6.07, 6.45) is 1.09. The van der Waals surface area contributed by atoms with Crippen molar-refractivity contribution in [3.05, 3.63) is 35.1 Å². The molecule has 19 heavy (non-hydrogen) atoms. The van der Waals surface area contributed by atoms with E-state index in [0.29, 0.717) is 12.5 Å². The summed E-state index contributed by atoms with van der Waals surface area (Å²) in [5.74, 6) is 0.533. The summed E-state index contributed by atoms with van der Waals surface area (Å²) >= 11 is 0. The van der Waals surface area contributed by atoms with Crippen molar-refractivity contribution in [2.24, 2.45) is 5.92 Å². The van der Waals surface area contributed by atoms with Crippen molar-refractivity contribution in [2.75, 3.05) is 20.1 Å². The van der Waals surface area contributed by atoms with Crippen molar-refractivity contribution in [3.8, 4) is 0 Å². The van der Waals surface area contributed by atoms with Crippen LogP contribution in [0.1, 0.15) is 38.3 Å². The maximum atomic E-state index is 13.8. The lowest BCUT2D eigenvalue weighted by molar-refractivity contribution is 0.322. The van der Waals surface area contributed by atoms with E-state index < -0.39 is 0 Å². The Morgan fingerprint density at radius 1 is 1.32 bits per heavy atom. The molecule has 0 heterocycles. The summed E-state index contributed by atoms with van der Waals surface area (Å²) in [4.78, 5) is 2.16. The molecule has 3 heteroatoms. The molecular formula is C16H27FN2. The molecule has 1 rings (SSSR count). The van der Waals surface area contributed by atoms with Crippen LogP contribution in [0.2, 0.25) is 0 Å². The highest BCUT2D eigenvalue weighted by Gasteiger charge is 2.06. The van der Waals surface area contributed by atoms with E-state index in [2.05, 4.69) is 31.0 Å². The quantitative estimate of drug-likeness (QED) is 0.775. The van der Waals surface area contributed by atoms with E-state index in [4.69, 9.17) is 0 Å². The highest BCUT2D eigenvalue weighted by molar-refractivity contribution is 5.25. The highest BCUT2D eigenvalue weighted by atomic mass is 19.1. The van der Waals surface area contributed by atoms with Crippen molar-refractivity contribution < 1.29 is 4.39 Å². The summed E-state index contributed by atoms with van der Waals surface area (Å²) in [5, 5.41) is 3.39. The molecule has 2 nitrogen and oxygen atoms in total. The molecule has 0 spiro atoms. The first-order chi connectivity index (χ1) is 9.02. The van der Waals surface area contributed by atoms with Gasteiger partial charge in [0.25, 0.3) is 0 Å². The van der Waals surface area contributed by atoms with E-state index in [1.165, 1.54) is 0 Å². The Hall–Kier alpha value is -0.930. The molecule has 0 radical (unpaired) electrons. The summed E-state index contributed by atoms with van der Waals surface area (Å²) < 4.78 is 13.8. The van der Waals surface area contributed by atoms with Crippen molar-refractivity contribution in [2.45, 2.75) is 40.3 Å². The summed E-state index contributed by atoms with van der Waals surface area (Å²) in [5.41, 5.74) is 1.95. The lowest BCUT2D eigenvalue weighted by Crippen LogP contribution is -2.21. The molecule has 0 aliphatic carbocycles. The summed E-state index contributed by atoms with van der Waals surface area (Å²) in [6, 6.07) is 5.43. The second-order valence-corrected chi connectivity index (χ2v) is 5.69. The Balaban J connectivity index is 2.60. The number of rotatable bonds is 8. The second-order valence-electron chi connectivity index (χ2n) is 5.69. The van der Waals surface area contributed by atoms with Gasteiger partial charge in [-0.1, -0.05) is 32.9 Å². The first-order valence-electron chi connectivity index (χ1n) is 7.19. The van der Waals surface area contributed by atoms with Crippen LogP contribution in [0.5, 0.6) is 0 Å². The normalized spacial score (nSPS) is 11.5. The standard InChI is InChI=1S/C16H27FN2/c1-5-8-19(4)12-15-9-14(6-7-16(15)17)11-18-10-13(2)3/h6-7,9,13,18H,5,8,10-12H2,1-4H3. The molecule has 0 aliphatic heterocycles. The molecule has 0 aromatic heterocycles. The molecule has 0 aliphatic rings. The average Bonchev–Trinajstić information content (AvgIpc) is 2.33. The molecule has 0 unspecified atom stereocenters. The molecule has 0 bridgehead atoms. The molecule has 1 N–H and O–H groups in total. The Morgan fingerprint density at radius 3 is 2.68 bits per heavy atom. The van der Waals surface area contributed by atoms with Gasteiger partial charge in [-0.2, -0.15) is 0 Å². The maximum absolute atomic E-state index is 13.8. The van der Waals surface area contributed by atoms with Gasteiger partial charge >= 0.3 is 0 Å². The Bertz CT molecular complexity index is 377. The van der Waals surface area contributed by atoms with Crippen molar-refractivity contribution in [3.63, 3.8) is 0 Å². The lowest BCUT2D eigenvalue weighted by Gasteiger charge is -2.17. The molecule has 1 aromatic carbocycles. The second kappa shape index (κ2) is 8.28. The van der Waals surface area contributed by atoms with Crippen molar-refractivity contribution in [1.82, 2.24) is 10.2 Å². The van der Waals surface area contributed by atoms with E-state index in [1.54, 1.807) is 6.07 Å². The van der Waals surface area contributed by atoms with Gasteiger partial charge in [0.1, 0.15) is 5.82 Å². The Kier molecular flexibility index (Phi) is 7.03. The molecule has 0 saturated heterocycles. The maximum Gasteiger partial charge on any atom is 0.127 e. The van der Waals surface area contributed by atoms with Gasteiger partial charge in [-0.15, -0.1) is 0 Å². The van der Waals surface area contributed by atoms with E-state index in [1.807, 2.05) is 19.2 Å². The van der Waals surface area contributed by atoms with Crippen LogP contribution in [0.25, 0.3) is 0 Å². The van der Waals surface area contributed by atoms with Gasteiger partial charge in [-0.05, 0) is 44.1 Å². The zero-order chi connectivity index (χ0) is 14.3. The third kappa shape index (κ3) is 6.17. The third-order valence-electron chi connectivity index (χ3n) is 3.04. The van der Waals surface area contributed by atoms with Gasteiger partial charge in [-0.25, -0.2) is 4.39 Å². The molecular weight excluding hydrogens is 239 g/mol. The molecule has 0 saturated carbocycles. The zero-order valence-electron chi connectivity index (χ0n) is 12.7. The van der Waals surface area contributed by atoms with Crippen LogP contribution in [0.15, 0.2) is 18.2 Å². The molecule has 0 amide bonds. The van der Waals surface area contributed by atoms with Crippen molar-refractivity contribution >= 4 is 0 Å². The van der Waals surface area contributed by atoms with Crippen LogP contribution in [0.3, 0.4) is 0 Å². The number of nitrogens with one attached hydrogen (secondary N) is 1. The van der Waals surface area contributed by atoms with Gasteiger partial charge < -0.3 is 10.2 Å². The number of benzene rings is 1. The fourth-order valence-corrected chi connectivity index (χ4v) is 2.12. The average molecular weight is 266 g/mol. The lowest BCUT2D eigenvalue weighted by atomic mass is 10.1. The van der Waals surface area contributed by atoms with Gasteiger partial charge in [0, 0.05) is 18.7 Å². The summed E-state index contributed by atoms with van der Waals surface area (Å²) in [6.45, 7) is 9.98. The van der Waals surface area contributed by atoms with Crippen LogP contribution in [0, 0.1) is 11.7 Å². The van der Waals surface area contributed by atoms with E-state index in [9.17, 15) is 4.39 Å². The predicted molar refractivity (Wildman–Crippen MR) is 79.6 cm³/mol. The van der Waals surface area contributed by atoms with Crippen LogP contribution in [-0.4, -0.2) is 25.0 Å².